The van der Waals surface area contributed by atoms with Gasteiger partial charge in [0.25, 0.3) is 0 Å². The zero-order valence-corrected chi connectivity index (χ0v) is 6.64. The summed E-state index contributed by atoms with van der Waals surface area (Å²) in [7, 11) is 0. The molecule has 0 aliphatic carbocycles. The second-order valence-electron chi connectivity index (χ2n) is 4.02. The second kappa shape index (κ2) is 1.74. The van der Waals surface area contributed by atoms with E-state index in [-0.39, 0.29) is 5.79 Å². The Kier molecular flexibility index (Phi) is 1.15. The van der Waals surface area contributed by atoms with Gasteiger partial charge in [-0.2, -0.15) is 0 Å². The van der Waals surface area contributed by atoms with Crippen molar-refractivity contribution >= 4 is 0 Å². The van der Waals surface area contributed by atoms with E-state index in [1.807, 2.05) is 6.92 Å². The SMILES string of the molecule is CC12CCC(C)(OC1)OC2. The first-order valence-corrected chi connectivity index (χ1v) is 3.90. The van der Waals surface area contributed by atoms with E-state index in [1.54, 1.807) is 0 Å². The lowest BCUT2D eigenvalue weighted by Crippen LogP contribution is -2.52. The van der Waals surface area contributed by atoms with E-state index >= 15 is 0 Å². The van der Waals surface area contributed by atoms with Crippen molar-refractivity contribution in [2.45, 2.75) is 32.5 Å². The maximum atomic E-state index is 5.55. The molecule has 0 atom stereocenters. The normalized spacial score (nSPS) is 53.4. The first kappa shape index (κ1) is 6.62. The zero-order valence-electron chi connectivity index (χ0n) is 6.64. The van der Waals surface area contributed by atoms with Crippen LogP contribution in [0.15, 0.2) is 0 Å². The second-order valence-corrected chi connectivity index (χ2v) is 4.02. The van der Waals surface area contributed by atoms with Gasteiger partial charge in [-0.25, -0.2) is 0 Å². The van der Waals surface area contributed by atoms with Crippen molar-refractivity contribution in [3.8, 4) is 0 Å². The molecule has 0 radical (unpaired) electrons. The van der Waals surface area contributed by atoms with Crippen LogP contribution in [-0.2, 0) is 9.47 Å². The van der Waals surface area contributed by atoms with Gasteiger partial charge in [0.2, 0.25) is 0 Å². The van der Waals surface area contributed by atoms with Crippen molar-refractivity contribution in [3.63, 3.8) is 0 Å². The Morgan fingerprint density at radius 1 is 1.00 bits per heavy atom. The molecule has 0 saturated carbocycles. The van der Waals surface area contributed by atoms with Crippen LogP contribution in [0.4, 0.5) is 0 Å². The molecule has 10 heavy (non-hydrogen) atoms. The summed E-state index contributed by atoms with van der Waals surface area (Å²) in [6.07, 6.45) is 2.31. The number of fused-ring (bicyclic) bond motifs is 3. The van der Waals surface area contributed by atoms with Gasteiger partial charge in [-0.1, -0.05) is 6.92 Å². The van der Waals surface area contributed by atoms with Gasteiger partial charge in [0.05, 0.1) is 13.2 Å². The van der Waals surface area contributed by atoms with Crippen molar-refractivity contribution in [3.05, 3.63) is 0 Å². The Hall–Kier alpha value is -0.0800. The number of hydrogen-bond donors (Lipinski definition) is 0. The lowest BCUT2D eigenvalue weighted by atomic mass is 9.80. The average Bonchev–Trinajstić information content (AvgIpc) is 1.93. The molecule has 2 nitrogen and oxygen atoms in total. The molecular formula is C8H14O2. The summed E-state index contributed by atoms with van der Waals surface area (Å²) in [5.74, 6) is -0.238. The van der Waals surface area contributed by atoms with Gasteiger partial charge in [0.15, 0.2) is 5.79 Å². The van der Waals surface area contributed by atoms with Crippen molar-refractivity contribution in [1.29, 1.82) is 0 Å². The van der Waals surface area contributed by atoms with Gasteiger partial charge >= 0.3 is 0 Å². The van der Waals surface area contributed by atoms with Crippen LogP contribution in [-0.4, -0.2) is 19.0 Å². The molecule has 0 spiro atoms. The first-order chi connectivity index (χ1) is 4.62. The van der Waals surface area contributed by atoms with E-state index in [1.165, 1.54) is 6.42 Å². The van der Waals surface area contributed by atoms with Crippen molar-refractivity contribution < 1.29 is 9.47 Å². The van der Waals surface area contributed by atoms with Gasteiger partial charge in [-0.15, -0.1) is 0 Å². The van der Waals surface area contributed by atoms with Gasteiger partial charge in [0, 0.05) is 11.8 Å². The molecule has 3 aliphatic rings. The fraction of sp³-hybridized carbons (Fsp3) is 1.00. The highest BCUT2D eigenvalue weighted by molar-refractivity contribution is 4.88. The summed E-state index contributed by atoms with van der Waals surface area (Å²) in [6.45, 7) is 6.02. The Morgan fingerprint density at radius 2 is 1.60 bits per heavy atom. The van der Waals surface area contributed by atoms with Gasteiger partial charge < -0.3 is 9.47 Å². The summed E-state index contributed by atoms with van der Waals surface area (Å²) in [4.78, 5) is 0. The van der Waals surface area contributed by atoms with Crippen molar-refractivity contribution in [2.75, 3.05) is 13.2 Å². The molecular weight excluding hydrogens is 128 g/mol. The molecule has 2 bridgehead atoms. The fourth-order valence-electron chi connectivity index (χ4n) is 1.55. The number of rotatable bonds is 0. The minimum atomic E-state index is -0.238. The largest absolute Gasteiger partial charge is 0.350 e. The highest BCUT2D eigenvalue weighted by Crippen LogP contribution is 2.42. The molecule has 0 N–H and O–H groups in total. The lowest BCUT2D eigenvalue weighted by Gasteiger charge is -2.49. The molecule has 0 amide bonds. The van der Waals surface area contributed by atoms with Crippen LogP contribution in [0.25, 0.3) is 0 Å². The molecule has 3 fully saturated rings. The Bertz CT molecular complexity index is 111. The Balaban J connectivity index is 2.16. The van der Waals surface area contributed by atoms with Crippen LogP contribution >= 0.6 is 0 Å². The summed E-state index contributed by atoms with van der Waals surface area (Å²) in [5.41, 5.74) is 0.317. The van der Waals surface area contributed by atoms with Crippen molar-refractivity contribution in [2.24, 2.45) is 5.41 Å². The predicted octanol–water partition coefficient (Wildman–Crippen LogP) is 1.55. The topological polar surface area (TPSA) is 18.5 Å². The van der Waals surface area contributed by atoms with E-state index in [0.29, 0.717) is 5.41 Å². The van der Waals surface area contributed by atoms with Gasteiger partial charge in [-0.05, 0) is 13.3 Å². The van der Waals surface area contributed by atoms with Crippen LogP contribution in [0.1, 0.15) is 26.7 Å². The molecule has 0 aromatic heterocycles. The van der Waals surface area contributed by atoms with Crippen LogP contribution in [0.3, 0.4) is 0 Å². The summed E-state index contributed by atoms with van der Waals surface area (Å²) < 4.78 is 11.1. The van der Waals surface area contributed by atoms with Crippen LogP contribution < -0.4 is 0 Å². The van der Waals surface area contributed by atoms with E-state index in [2.05, 4.69) is 6.92 Å². The Morgan fingerprint density at radius 3 is 1.90 bits per heavy atom. The standard InChI is InChI=1S/C8H14O2/c1-7-3-4-8(2,9-5-7)10-6-7/h3-6H2,1-2H3. The molecule has 3 saturated heterocycles. The Labute approximate surface area is 61.5 Å². The third kappa shape index (κ3) is 0.867. The van der Waals surface area contributed by atoms with Crippen LogP contribution in [0.5, 0.6) is 0 Å². The summed E-state index contributed by atoms with van der Waals surface area (Å²) in [5, 5.41) is 0. The number of ether oxygens (including phenoxy) is 2. The summed E-state index contributed by atoms with van der Waals surface area (Å²) in [6, 6.07) is 0. The molecule has 0 aromatic carbocycles. The minimum Gasteiger partial charge on any atom is -0.350 e. The van der Waals surface area contributed by atoms with E-state index < -0.39 is 0 Å². The van der Waals surface area contributed by atoms with E-state index in [4.69, 9.17) is 9.47 Å². The summed E-state index contributed by atoms with van der Waals surface area (Å²) >= 11 is 0. The van der Waals surface area contributed by atoms with Gasteiger partial charge in [0.1, 0.15) is 0 Å². The third-order valence-corrected chi connectivity index (χ3v) is 2.63. The molecule has 3 heterocycles. The minimum absolute atomic E-state index is 0.238. The molecule has 2 heteroatoms. The zero-order chi connectivity index (χ0) is 7.24. The van der Waals surface area contributed by atoms with E-state index in [0.717, 1.165) is 19.6 Å². The highest BCUT2D eigenvalue weighted by Gasteiger charge is 2.45. The van der Waals surface area contributed by atoms with Gasteiger partial charge in [-0.3, -0.25) is 0 Å². The third-order valence-electron chi connectivity index (χ3n) is 2.63. The monoisotopic (exact) mass is 142 g/mol. The highest BCUT2D eigenvalue weighted by atomic mass is 16.7. The molecule has 3 rings (SSSR count). The molecule has 3 aliphatic heterocycles. The molecule has 0 aromatic rings. The lowest BCUT2D eigenvalue weighted by molar-refractivity contribution is -0.328. The first-order valence-electron chi connectivity index (χ1n) is 3.90. The molecule has 0 unspecified atom stereocenters. The van der Waals surface area contributed by atoms with Crippen molar-refractivity contribution in [1.82, 2.24) is 0 Å². The molecule has 58 valence electrons. The quantitative estimate of drug-likeness (QED) is 0.511. The fourth-order valence-corrected chi connectivity index (χ4v) is 1.55. The van der Waals surface area contributed by atoms with E-state index in [9.17, 15) is 0 Å². The van der Waals surface area contributed by atoms with Crippen LogP contribution in [0.2, 0.25) is 0 Å². The predicted molar refractivity (Wildman–Crippen MR) is 37.6 cm³/mol. The van der Waals surface area contributed by atoms with Crippen LogP contribution in [0, 0.1) is 5.41 Å². The smallest absolute Gasteiger partial charge is 0.165 e. The average molecular weight is 142 g/mol. The number of hydrogen-bond acceptors (Lipinski definition) is 2. The maximum Gasteiger partial charge on any atom is 0.165 e. The maximum absolute atomic E-state index is 5.55.